The second kappa shape index (κ2) is 6.75. The van der Waals surface area contributed by atoms with E-state index in [2.05, 4.69) is 5.32 Å². The van der Waals surface area contributed by atoms with Gasteiger partial charge in [-0.05, 0) is 52.3 Å². The van der Waals surface area contributed by atoms with Crippen LogP contribution in [0.4, 0.5) is 0 Å². The molecule has 4 nitrogen and oxygen atoms in total. The topological polar surface area (TPSA) is 47.6 Å². The number of hydrogen-bond donors (Lipinski definition) is 1. The molecule has 0 aliphatic heterocycles. The Kier molecular flexibility index (Phi) is 5.57. The molecule has 1 N–H and O–H groups in total. The van der Waals surface area contributed by atoms with Crippen LogP contribution in [0.25, 0.3) is 0 Å². The summed E-state index contributed by atoms with van der Waals surface area (Å²) in [6.07, 6.45) is 0. The molecule has 20 heavy (non-hydrogen) atoms. The number of carbonyl (C=O) groups excluding carboxylic acids is 1. The molecule has 1 rings (SSSR count). The van der Waals surface area contributed by atoms with Crippen LogP contribution in [0.1, 0.15) is 46.2 Å². The van der Waals surface area contributed by atoms with Crippen LogP contribution in [-0.4, -0.2) is 24.7 Å². The van der Waals surface area contributed by atoms with Crippen molar-refractivity contribution in [3.8, 4) is 5.75 Å². The molecule has 0 aliphatic rings. The highest BCUT2D eigenvalue weighted by Crippen LogP contribution is 2.18. The zero-order chi connectivity index (χ0) is 15.3. The van der Waals surface area contributed by atoms with Gasteiger partial charge in [-0.3, -0.25) is 10.1 Å². The molecule has 0 saturated heterocycles. The van der Waals surface area contributed by atoms with Crippen LogP contribution in [0.15, 0.2) is 24.3 Å². The third kappa shape index (κ3) is 5.21. The monoisotopic (exact) mass is 279 g/mol. The van der Waals surface area contributed by atoms with E-state index >= 15 is 0 Å². The van der Waals surface area contributed by atoms with Crippen molar-refractivity contribution in [1.29, 1.82) is 0 Å². The van der Waals surface area contributed by atoms with E-state index in [0.717, 1.165) is 11.3 Å². The van der Waals surface area contributed by atoms with Crippen LogP contribution in [0.2, 0.25) is 0 Å². The second-order valence-corrected chi connectivity index (χ2v) is 5.92. The van der Waals surface area contributed by atoms with Crippen molar-refractivity contribution in [2.45, 2.75) is 52.3 Å². The van der Waals surface area contributed by atoms with Gasteiger partial charge in [0, 0.05) is 6.04 Å². The van der Waals surface area contributed by atoms with Crippen molar-refractivity contribution in [2.24, 2.45) is 0 Å². The van der Waals surface area contributed by atoms with E-state index in [4.69, 9.17) is 9.47 Å². The molecule has 2 atom stereocenters. The highest BCUT2D eigenvalue weighted by molar-refractivity contribution is 5.75. The minimum Gasteiger partial charge on any atom is -0.497 e. The second-order valence-electron chi connectivity index (χ2n) is 5.92. The number of benzene rings is 1. The maximum Gasteiger partial charge on any atom is 0.323 e. The number of methoxy groups -OCH3 is 1. The molecule has 0 aromatic heterocycles. The lowest BCUT2D eigenvalue weighted by Crippen LogP contribution is -2.40. The number of rotatable bonds is 5. The minimum absolute atomic E-state index is 0.0587. The Hall–Kier alpha value is -1.55. The Morgan fingerprint density at radius 2 is 1.70 bits per heavy atom. The lowest BCUT2D eigenvalue weighted by molar-refractivity contribution is -0.157. The fraction of sp³-hybridized carbons (Fsp3) is 0.562. The molecular formula is C16H25NO3. The van der Waals surface area contributed by atoms with Gasteiger partial charge in [-0.15, -0.1) is 0 Å². The molecule has 0 fully saturated rings. The predicted octanol–water partition coefficient (Wildman–Crippen LogP) is 3.08. The summed E-state index contributed by atoms with van der Waals surface area (Å²) >= 11 is 0. The van der Waals surface area contributed by atoms with Gasteiger partial charge in [0.25, 0.3) is 0 Å². The van der Waals surface area contributed by atoms with Gasteiger partial charge in [0.2, 0.25) is 0 Å². The summed E-state index contributed by atoms with van der Waals surface area (Å²) in [7, 11) is 1.64. The molecule has 0 amide bonds. The quantitative estimate of drug-likeness (QED) is 0.841. The molecular weight excluding hydrogens is 254 g/mol. The Morgan fingerprint density at radius 3 is 2.15 bits per heavy atom. The molecule has 0 radical (unpaired) electrons. The van der Waals surface area contributed by atoms with E-state index in [-0.39, 0.29) is 18.1 Å². The van der Waals surface area contributed by atoms with E-state index < -0.39 is 5.60 Å². The molecule has 4 heteroatoms. The van der Waals surface area contributed by atoms with E-state index in [1.54, 1.807) is 7.11 Å². The van der Waals surface area contributed by atoms with Gasteiger partial charge in [-0.2, -0.15) is 0 Å². The highest BCUT2D eigenvalue weighted by atomic mass is 16.6. The Bertz CT molecular complexity index is 434. The van der Waals surface area contributed by atoms with Gasteiger partial charge in [0.1, 0.15) is 17.4 Å². The summed E-state index contributed by atoms with van der Waals surface area (Å²) in [5.41, 5.74) is 0.636. The van der Waals surface area contributed by atoms with Gasteiger partial charge < -0.3 is 9.47 Å². The predicted molar refractivity (Wildman–Crippen MR) is 79.9 cm³/mol. The number of hydrogen-bond acceptors (Lipinski definition) is 4. The number of ether oxygens (including phenoxy) is 2. The van der Waals surface area contributed by atoms with Crippen molar-refractivity contribution in [1.82, 2.24) is 5.32 Å². The third-order valence-electron chi connectivity index (χ3n) is 2.88. The third-order valence-corrected chi connectivity index (χ3v) is 2.88. The van der Waals surface area contributed by atoms with E-state index in [1.165, 1.54) is 0 Å². The smallest absolute Gasteiger partial charge is 0.323 e. The molecule has 0 saturated carbocycles. The van der Waals surface area contributed by atoms with Crippen molar-refractivity contribution >= 4 is 5.97 Å². The van der Waals surface area contributed by atoms with E-state index in [0.29, 0.717) is 0 Å². The zero-order valence-electron chi connectivity index (χ0n) is 13.2. The Morgan fingerprint density at radius 1 is 1.15 bits per heavy atom. The molecule has 112 valence electrons. The van der Waals surface area contributed by atoms with Crippen molar-refractivity contribution in [3.05, 3.63) is 29.8 Å². The van der Waals surface area contributed by atoms with Gasteiger partial charge in [0.15, 0.2) is 0 Å². The molecule has 0 heterocycles. The van der Waals surface area contributed by atoms with E-state index in [9.17, 15) is 4.79 Å². The summed E-state index contributed by atoms with van der Waals surface area (Å²) in [6, 6.07) is 7.49. The van der Waals surface area contributed by atoms with Crippen molar-refractivity contribution in [3.63, 3.8) is 0 Å². The van der Waals surface area contributed by atoms with Crippen molar-refractivity contribution in [2.75, 3.05) is 7.11 Å². The first-order valence-electron chi connectivity index (χ1n) is 6.86. The summed E-state index contributed by atoms with van der Waals surface area (Å²) in [5, 5.41) is 3.24. The number of carbonyl (C=O) groups is 1. The van der Waals surface area contributed by atoms with E-state index in [1.807, 2.05) is 58.9 Å². The molecule has 0 bridgehead atoms. The average molecular weight is 279 g/mol. The van der Waals surface area contributed by atoms with Gasteiger partial charge in [-0.25, -0.2) is 0 Å². The van der Waals surface area contributed by atoms with Crippen LogP contribution >= 0.6 is 0 Å². The zero-order valence-corrected chi connectivity index (χ0v) is 13.2. The van der Waals surface area contributed by atoms with Gasteiger partial charge in [-0.1, -0.05) is 12.1 Å². The molecule has 1 unspecified atom stereocenters. The maximum atomic E-state index is 11.9. The molecule has 1 aromatic rings. The van der Waals surface area contributed by atoms with Gasteiger partial charge >= 0.3 is 5.97 Å². The van der Waals surface area contributed by atoms with Crippen LogP contribution in [0, 0.1) is 0 Å². The Balaban J connectivity index is 2.60. The first-order valence-corrected chi connectivity index (χ1v) is 6.86. The van der Waals surface area contributed by atoms with Crippen LogP contribution in [-0.2, 0) is 9.53 Å². The normalized spacial score (nSPS) is 14.5. The first kappa shape index (κ1) is 16.5. The number of nitrogens with one attached hydrogen (secondary N) is 1. The number of esters is 1. The average Bonchev–Trinajstić information content (AvgIpc) is 2.36. The lowest BCUT2D eigenvalue weighted by atomic mass is 10.1. The van der Waals surface area contributed by atoms with Crippen LogP contribution in [0.5, 0.6) is 5.75 Å². The fourth-order valence-corrected chi connectivity index (χ4v) is 1.82. The van der Waals surface area contributed by atoms with Crippen molar-refractivity contribution < 1.29 is 14.3 Å². The Labute approximate surface area is 121 Å². The first-order chi connectivity index (χ1) is 9.23. The minimum atomic E-state index is -0.462. The van der Waals surface area contributed by atoms with Gasteiger partial charge in [0.05, 0.1) is 7.11 Å². The highest BCUT2D eigenvalue weighted by Gasteiger charge is 2.22. The summed E-state index contributed by atoms with van der Waals surface area (Å²) in [5.74, 6) is 0.582. The molecule has 0 aliphatic carbocycles. The summed E-state index contributed by atoms with van der Waals surface area (Å²) in [4.78, 5) is 11.9. The SMILES string of the molecule is COc1ccc([C@@H](C)NC(C)C(=O)OC(C)(C)C)cc1. The van der Waals surface area contributed by atoms with Crippen LogP contribution in [0.3, 0.4) is 0 Å². The summed E-state index contributed by atoms with van der Waals surface area (Å²) in [6.45, 7) is 9.43. The fourth-order valence-electron chi connectivity index (χ4n) is 1.82. The largest absolute Gasteiger partial charge is 0.497 e. The summed E-state index contributed by atoms with van der Waals surface area (Å²) < 4.78 is 10.5. The maximum absolute atomic E-state index is 11.9. The standard InChI is InChI=1S/C16H25NO3/c1-11(13-7-9-14(19-6)10-8-13)17-12(2)15(18)20-16(3,4)5/h7-12,17H,1-6H3/t11-,12?/m1/s1. The van der Waals surface area contributed by atoms with Crippen LogP contribution < -0.4 is 10.1 Å². The lowest BCUT2D eigenvalue weighted by Gasteiger charge is -2.25. The molecule has 1 aromatic carbocycles. The molecule has 0 spiro atoms.